The van der Waals surface area contributed by atoms with Crippen LogP contribution in [0.25, 0.3) is 16.7 Å². The Morgan fingerprint density at radius 2 is 1.67 bits per heavy atom. The lowest BCUT2D eigenvalue weighted by Gasteiger charge is -2.18. The van der Waals surface area contributed by atoms with Crippen LogP contribution < -0.4 is 26.6 Å². The van der Waals surface area contributed by atoms with Crippen LogP contribution >= 0.6 is 0 Å². The number of nitrogens with one attached hydrogen (secondary N) is 3. The monoisotopic (exact) mass is 763 g/mol. The topological polar surface area (TPSA) is 200 Å². The number of hydrogen-bond acceptors (Lipinski definition) is 10. The van der Waals surface area contributed by atoms with Crippen LogP contribution in [-0.2, 0) is 37.8 Å². The number of hydrogen-bond donors (Lipinski definition) is 3. The molecule has 0 unspecified atom stereocenters. The standard InChI is InChI=1S/C36H35F2N7O8S/c1-6-53-33(48)28(15-20-7-12-30(40-18-20)45-32(47)23-13-14-39-19-29(23)44(5)35(45)50)42-31(46)24-16-26(38)27(17-25(24)37)43-54(51,52)22-10-8-21(9-11-22)41-34(49)36(2,3)4/h7-14,16-19,28,43H,6,15H2,1-5H3,(H,41,49)(H,42,46)/t28-/m0/s1. The van der Waals surface area contributed by atoms with Crippen LogP contribution in [0.1, 0.15) is 43.6 Å². The van der Waals surface area contributed by atoms with E-state index in [1.807, 2.05) is 4.72 Å². The second kappa shape index (κ2) is 15.4. The molecule has 0 spiro atoms. The zero-order chi connectivity index (χ0) is 39.5. The molecule has 0 saturated carbocycles. The fourth-order valence-electron chi connectivity index (χ4n) is 5.11. The van der Waals surface area contributed by atoms with Crippen LogP contribution in [0.4, 0.5) is 20.2 Å². The lowest BCUT2D eigenvalue weighted by Crippen LogP contribution is -2.43. The molecule has 0 radical (unpaired) electrons. The molecule has 0 bridgehead atoms. The highest BCUT2D eigenvalue weighted by Gasteiger charge is 2.27. The zero-order valence-corrected chi connectivity index (χ0v) is 30.5. The van der Waals surface area contributed by atoms with Gasteiger partial charge in [0.15, 0.2) is 0 Å². The third-order valence-corrected chi connectivity index (χ3v) is 9.46. The van der Waals surface area contributed by atoms with Crippen molar-refractivity contribution in [2.24, 2.45) is 12.5 Å². The molecular weight excluding hydrogens is 728 g/mol. The maximum Gasteiger partial charge on any atom is 0.337 e. The zero-order valence-electron chi connectivity index (χ0n) is 29.6. The smallest absolute Gasteiger partial charge is 0.337 e. The molecule has 0 saturated heterocycles. The van der Waals surface area contributed by atoms with Crippen LogP contribution in [-0.4, -0.2) is 58.0 Å². The minimum Gasteiger partial charge on any atom is -0.464 e. The van der Waals surface area contributed by atoms with E-state index in [0.717, 1.165) is 16.7 Å². The van der Waals surface area contributed by atoms with Gasteiger partial charge in [-0.25, -0.2) is 36.3 Å². The minimum absolute atomic E-state index is 0.0188. The van der Waals surface area contributed by atoms with E-state index < -0.39 is 67.5 Å². The van der Waals surface area contributed by atoms with Gasteiger partial charge in [-0.1, -0.05) is 26.8 Å². The van der Waals surface area contributed by atoms with Gasteiger partial charge < -0.3 is 15.4 Å². The number of amides is 2. The molecule has 18 heteroatoms. The summed E-state index contributed by atoms with van der Waals surface area (Å²) in [7, 11) is -2.97. The number of carbonyl (C=O) groups excluding carboxylic acids is 3. The van der Waals surface area contributed by atoms with Gasteiger partial charge >= 0.3 is 11.7 Å². The summed E-state index contributed by atoms with van der Waals surface area (Å²) in [6.45, 7) is 6.56. The first-order chi connectivity index (χ1) is 25.4. The molecule has 0 aliphatic carbocycles. The predicted molar refractivity (Wildman–Crippen MR) is 194 cm³/mol. The van der Waals surface area contributed by atoms with Gasteiger partial charge in [-0.2, -0.15) is 0 Å². The van der Waals surface area contributed by atoms with Gasteiger partial charge in [0.2, 0.25) is 5.91 Å². The first kappa shape index (κ1) is 38.9. The number of sulfonamides is 1. The van der Waals surface area contributed by atoms with Crippen LogP contribution in [0.5, 0.6) is 0 Å². The Kier molecular flexibility index (Phi) is 11.1. The number of nitrogens with zero attached hydrogens (tertiary/aromatic N) is 4. The van der Waals surface area contributed by atoms with E-state index in [4.69, 9.17) is 4.74 Å². The Balaban J connectivity index is 1.33. The van der Waals surface area contributed by atoms with Gasteiger partial charge in [0, 0.05) is 43.0 Å². The maximum atomic E-state index is 15.3. The molecule has 2 amide bonds. The van der Waals surface area contributed by atoms with E-state index in [0.29, 0.717) is 28.9 Å². The number of pyridine rings is 2. The largest absolute Gasteiger partial charge is 0.464 e. The van der Waals surface area contributed by atoms with Crippen molar-refractivity contribution in [2.45, 2.75) is 45.1 Å². The molecule has 3 heterocycles. The Morgan fingerprint density at radius 3 is 2.30 bits per heavy atom. The van der Waals surface area contributed by atoms with Crippen molar-refractivity contribution in [1.29, 1.82) is 0 Å². The molecule has 15 nitrogen and oxygen atoms in total. The second-order valence-corrected chi connectivity index (χ2v) is 14.7. The van der Waals surface area contributed by atoms with E-state index in [9.17, 15) is 32.4 Å². The lowest BCUT2D eigenvalue weighted by molar-refractivity contribution is -0.145. The van der Waals surface area contributed by atoms with E-state index in [2.05, 4.69) is 20.6 Å². The lowest BCUT2D eigenvalue weighted by atomic mass is 9.95. The first-order valence-electron chi connectivity index (χ1n) is 16.3. The average Bonchev–Trinajstić information content (AvgIpc) is 3.12. The van der Waals surface area contributed by atoms with Crippen molar-refractivity contribution >= 4 is 50.1 Å². The maximum absolute atomic E-state index is 15.3. The minimum atomic E-state index is -4.45. The molecule has 0 aliphatic rings. The van der Waals surface area contributed by atoms with E-state index >= 15 is 8.78 Å². The van der Waals surface area contributed by atoms with E-state index in [-0.39, 0.29) is 35.0 Å². The Labute approximate surface area is 307 Å². The summed E-state index contributed by atoms with van der Waals surface area (Å²) in [6.07, 6.45) is 3.83. The summed E-state index contributed by atoms with van der Waals surface area (Å²) < 4.78 is 65.5. The van der Waals surface area contributed by atoms with Gasteiger partial charge in [-0.15, -0.1) is 0 Å². The number of aromatic nitrogens is 4. The molecule has 2 aromatic carbocycles. The fourth-order valence-corrected chi connectivity index (χ4v) is 6.17. The molecule has 3 aromatic heterocycles. The number of aryl methyl sites for hydroxylation is 1. The van der Waals surface area contributed by atoms with Crippen molar-refractivity contribution in [3.8, 4) is 5.82 Å². The SMILES string of the molecule is CCOC(=O)[C@H](Cc1ccc(-n2c(=O)c3ccncc3n(C)c2=O)nc1)NC(=O)c1cc(F)c(NS(=O)(=O)c2ccc(NC(=O)C(C)(C)C)cc2)cc1F. The van der Waals surface area contributed by atoms with Crippen LogP contribution in [0.3, 0.4) is 0 Å². The first-order valence-corrected chi connectivity index (χ1v) is 17.8. The third kappa shape index (κ3) is 8.33. The summed E-state index contributed by atoms with van der Waals surface area (Å²) in [6, 6.07) is 8.82. The van der Waals surface area contributed by atoms with Gasteiger partial charge in [-0.3, -0.25) is 28.7 Å². The number of esters is 1. The van der Waals surface area contributed by atoms with Gasteiger partial charge in [0.25, 0.3) is 21.5 Å². The number of carbonyl (C=O) groups is 3. The van der Waals surface area contributed by atoms with Crippen molar-refractivity contribution in [3.05, 3.63) is 117 Å². The Bertz CT molecular complexity index is 2500. The van der Waals surface area contributed by atoms with Crippen molar-refractivity contribution in [3.63, 3.8) is 0 Å². The van der Waals surface area contributed by atoms with E-state index in [1.165, 1.54) is 67.5 Å². The summed E-state index contributed by atoms with van der Waals surface area (Å²) in [5, 5.41) is 5.19. The highest BCUT2D eigenvalue weighted by atomic mass is 32.2. The summed E-state index contributed by atoms with van der Waals surface area (Å²) in [5.41, 5.74) is -2.65. The molecule has 282 valence electrons. The molecular formula is C36H35F2N7O8S. The average molecular weight is 764 g/mol. The highest BCUT2D eigenvalue weighted by molar-refractivity contribution is 7.92. The summed E-state index contributed by atoms with van der Waals surface area (Å²) in [5.74, 6) is -5.04. The molecule has 0 fully saturated rings. The fraction of sp³-hybridized carbons (Fsp3) is 0.250. The number of halogens is 2. The van der Waals surface area contributed by atoms with Gasteiger partial charge in [0.05, 0.1) is 39.9 Å². The second-order valence-electron chi connectivity index (χ2n) is 13.0. The molecule has 1 atom stereocenters. The summed E-state index contributed by atoms with van der Waals surface area (Å²) in [4.78, 5) is 72.2. The normalized spacial score (nSPS) is 12.2. The number of fused-ring (bicyclic) bond motifs is 1. The Hall–Kier alpha value is -6.30. The molecule has 54 heavy (non-hydrogen) atoms. The van der Waals surface area contributed by atoms with Crippen LogP contribution in [0.2, 0.25) is 0 Å². The number of ether oxygens (including phenoxy) is 1. The van der Waals surface area contributed by atoms with Gasteiger partial charge in [-0.05, 0) is 55.0 Å². The predicted octanol–water partition coefficient (Wildman–Crippen LogP) is 3.45. The molecule has 5 aromatic rings. The van der Waals surface area contributed by atoms with Crippen molar-refractivity contribution in [2.75, 3.05) is 16.6 Å². The third-order valence-electron chi connectivity index (χ3n) is 8.08. The number of benzene rings is 2. The molecule has 0 aliphatic heterocycles. The Morgan fingerprint density at radius 1 is 0.963 bits per heavy atom. The summed E-state index contributed by atoms with van der Waals surface area (Å²) >= 11 is 0. The van der Waals surface area contributed by atoms with Crippen molar-refractivity contribution < 1.29 is 36.3 Å². The molecule has 5 rings (SSSR count). The number of anilines is 2. The van der Waals surface area contributed by atoms with Gasteiger partial charge in [0.1, 0.15) is 23.5 Å². The van der Waals surface area contributed by atoms with E-state index in [1.54, 1.807) is 20.8 Å². The quantitative estimate of drug-likeness (QED) is 0.168. The van der Waals surface area contributed by atoms with Crippen LogP contribution in [0, 0.1) is 17.0 Å². The molecule has 3 N–H and O–H groups in total. The van der Waals surface area contributed by atoms with Crippen molar-refractivity contribution in [1.82, 2.24) is 24.4 Å². The number of rotatable bonds is 11. The highest BCUT2D eigenvalue weighted by Crippen LogP contribution is 2.25. The van der Waals surface area contributed by atoms with Crippen LogP contribution in [0.15, 0.2) is 87.7 Å².